The summed E-state index contributed by atoms with van der Waals surface area (Å²) in [7, 11) is 0. The quantitative estimate of drug-likeness (QED) is 0.361. The summed E-state index contributed by atoms with van der Waals surface area (Å²) in [6.07, 6.45) is 0.923. The summed E-state index contributed by atoms with van der Waals surface area (Å²) in [5.74, 6) is 2.20. The van der Waals surface area contributed by atoms with E-state index in [9.17, 15) is 0 Å². The molecule has 0 aliphatic carbocycles. The van der Waals surface area contributed by atoms with Crippen LogP contribution in [0.3, 0.4) is 0 Å². The van der Waals surface area contributed by atoms with Crippen molar-refractivity contribution in [1.82, 2.24) is 19.6 Å². The van der Waals surface area contributed by atoms with Crippen molar-refractivity contribution in [3.63, 3.8) is 0 Å². The standard InChI is InChI=1S/C30H43N5O/c1-6-29-28(23-34(24(4)5)22-25-14-16-27(17-15-25)36-8-3)30(33-20-18-32(7-2)19-21-33)35(31-29)26-12-10-9-11-13-26/h9-17,24H,6-8,18-23H2,1-5H3. The van der Waals surface area contributed by atoms with Gasteiger partial charge in [0.2, 0.25) is 0 Å². The van der Waals surface area contributed by atoms with E-state index in [0.29, 0.717) is 12.6 Å². The maximum absolute atomic E-state index is 5.65. The van der Waals surface area contributed by atoms with Crippen molar-refractivity contribution in [2.24, 2.45) is 0 Å². The van der Waals surface area contributed by atoms with Crippen molar-refractivity contribution in [2.75, 3.05) is 44.2 Å². The Morgan fingerprint density at radius 1 is 0.889 bits per heavy atom. The van der Waals surface area contributed by atoms with Crippen molar-refractivity contribution in [3.8, 4) is 11.4 Å². The van der Waals surface area contributed by atoms with Crippen LogP contribution >= 0.6 is 0 Å². The maximum atomic E-state index is 5.65. The molecule has 2 aromatic carbocycles. The second kappa shape index (κ2) is 12.4. The van der Waals surface area contributed by atoms with Gasteiger partial charge in [-0.05, 0) is 63.6 Å². The van der Waals surface area contributed by atoms with E-state index >= 15 is 0 Å². The van der Waals surface area contributed by atoms with Crippen LogP contribution in [0.15, 0.2) is 54.6 Å². The molecular formula is C30H43N5O. The first kappa shape index (κ1) is 26.2. The van der Waals surface area contributed by atoms with Gasteiger partial charge in [-0.1, -0.05) is 44.2 Å². The van der Waals surface area contributed by atoms with Gasteiger partial charge in [0.05, 0.1) is 18.0 Å². The number of benzene rings is 2. The Hall–Kier alpha value is -2.83. The van der Waals surface area contributed by atoms with Gasteiger partial charge in [-0.15, -0.1) is 0 Å². The molecule has 2 heterocycles. The molecule has 1 aromatic heterocycles. The molecule has 0 bridgehead atoms. The number of aromatic nitrogens is 2. The van der Waals surface area contributed by atoms with Crippen LogP contribution in [-0.4, -0.2) is 65.0 Å². The molecule has 0 unspecified atom stereocenters. The first-order chi connectivity index (χ1) is 17.5. The van der Waals surface area contributed by atoms with Crippen LogP contribution in [-0.2, 0) is 19.5 Å². The molecule has 194 valence electrons. The Morgan fingerprint density at radius 3 is 2.17 bits per heavy atom. The molecule has 1 aliphatic heterocycles. The van der Waals surface area contributed by atoms with Crippen LogP contribution in [0.5, 0.6) is 5.75 Å². The average molecular weight is 490 g/mol. The lowest BCUT2D eigenvalue weighted by molar-refractivity contribution is 0.203. The second-order valence-electron chi connectivity index (χ2n) is 9.85. The highest BCUT2D eigenvalue weighted by Crippen LogP contribution is 2.31. The molecular weight excluding hydrogens is 446 g/mol. The van der Waals surface area contributed by atoms with E-state index in [2.05, 4.69) is 102 Å². The van der Waals surface area contributed by atoms with E-state index in [1.807, 2.05) is 6.92 Å². The molecule has 4 rings (SSSR count). The van der Waals surface area contributed by atoms with Crippen molar-refractivity contribution < 1.29 is 4.74 Å². The monoisotopic (exact) mass is 489 g/mol. The smallest absolute Gasteiger partial charge is 0.137 e. The molecule has 3 aromatic rings. The van der Waals surface area contributed by atoms with E-state index in [1.165, 1.54) is 22.6 Å². The summed E-state index contributed by atoms with van der Waals surface area (Å²) in [6.45, 7) is 18.9. The van der Waals surface area contributed by atoms with Gasteiger partial charge in [0.1, 0.15) is 11.6 Å². The molecule has 0 amide bonds. The van der Waals surface area contributed by atoms with Gasteiger partial charge in [-0.2, -0.15) is 5.10 Å². The maximum Gasteiger partial charge on any atom is 0.137 e. The summed E-state index contributed by atoms with van der Waals surface area (Å²) in [4.78, 5) is 7.66. The van der Waals surface area contributed by atoms with Crippen molar-refractivity contribution in [2.45, 2.75) is 60.2 Å². The van der Waals surface area contributed by atoms with E-state index in [1.54, 1.807) is 0 Å². The van der Waals surface area contributed by atoms with E-state index in [0.717, 1.165) is 63.7 Å². The number of ether oxygens (including phenoxy) is 1. The fourth-order valence-electron chi connectivity index (χ4n) is 5.00. The Kier molecular flexibility index (Phi) is 9.05. The Bertz CT molecular complexity index is 1070. The van der Waals surface area contributed by atoms with Crippen molar-refractivity contribution in [3.05, 3.63) is 71.4 Å². The van der Waals surface area contributed by atoms with Crippen LogP contribution in [0, 0.1) is 0 Å². The third kappa shape index (κ3) is 6.11. The fourth-order valence-corrected chi connectivity index (χ4v) is 5.00. The number of para-hydroxylation sites is 1. The summed E-state index contributed by atoms with van der Waals surface area (Å²) < 4.78 is 7.85. The molecule has 36 heavy (non-hydrogen) atoms. The third-order valence-electron chi connectivity index (χ3n) is 7.21. The Labute approximate surface area is 217 Å². The first-order valence-electron chi connectivity index (χ1n) is 13.6. The van der Waals surface area contributed by atoms with E-state index in [4.69, 9.17) is 9.84 Å². The molecule has 6 nitrogen and oxygen atoms in total. The highest BCUT2D eigenvalue weighted by molar-refractivity contribution is 5.56. The topological polar surface area (TPSA) is 36.8 Å². The number of nitrogens with zero attached hydrogens (tertiary/aromatic N) is 5. The minimum Gasteiger partial charge on any atom is -0.494 e. The van der Waals surface area contributed by atoms with Gasteiger partial charge in [0.25, 0.3) is 0 Å². The van der Waals surface area contributed by atoms with Gasteiger partial charge in [-0.25, -0.2) is 4.68 Å². The lowest BCUT2D eigenvalue weighted by Gasteiger charge is -2.37. The van der Waals surface area contributed by atoms with Gasteiger partial charge < -0.3 is 14.5 Å². The van der Waals surface area contributed by atoms with Crippen LogP contribution in [0.25, 0.3) is 5.69 Å². The molecule has 6 heteroatoms. The van der Waals surface area contributed by atoms with Crippen LogP contribution in [0.2, 0.25) is 0 Å². The molecule has 0 N–H and O–H groups in total. The highest BCUT2D eigenvalue weighted by Gasteiger charge is 2.27. The van der Waals surface area contributed by atoms with Crippen LogP contribution in [0.4, 0.5) is 5.82 Å². The third-order valence-corrected chi connectivity index (χ3v) is 7.21. The first-order valence-corrected chi connectivity index (χ1v) is 13.6. The number of hydrogen-bond acceptors (Lipinski definition) is 5. The van der Waals surface area contributed by atoms with Gasteiger partial charge in [0, 0.05) is 50.9 Å². The Balaban J connectivity index is 1.68. The molecule has 1 aliphatic rings. The van der Waals surface area contributed by atoms with Gasteiger partial charge in [0.15, 0.2) is 0 Å². The largest absolute Gasteiger partial charge is 0.494 e. The molecule has 1 saturated heterocycles. The fraction of sp³-hybridized carbons (Fsp3) is 0.500. The number of likely N-dealkylation sites (N-methyl/N-ethyl adjacent to an activating group) is 1. The predicted molar refractivity (Wildman–Crippen MR) is 149 cm³/mol. The number of piperazine rings is 1. The van der Waals surface area contributed by atoms with Gasteiger partial charge >= 0.3 is 0 Å². The summed E-state index contributed by atoms with van der Waals surface area (Å²) in [5, 5.41) is 5.18. The van der Waals surface area contributed by atoms with Gasteiger partial charge in [-0.3, -0.25) is 4.90 Å². The SMILES string of the molecule is CCOc1ccc(CN(Cc2c(CC)nn(-c3ccccc3)c2N2CCN(CC)CC2)C(C)C)cc1. The molecule has 0 radical (unpaired) electrons. The zero-order valence-corrected chi connectivity index (χ0v) is 22.8. The minimum absolute atomic E-state index is 0.408. The normalized spacial score (nSPS) is 14.7. The number of rotatable bonds is 11. The number of hydrogen-bond donors (Lipinski definition) is 0. The number of anilines is 1. The summed E-state index contributed by atoms with van der Waals surface area (Å²) in [5.41, 5.74) is 5.00. The van der Waals surface area contributed by atoms with Crippen LogP contribution in [0.1, 0.15) is 51.4 Å². The zero-order chi connectivity index (χ0) is 25.5. The van der Waals surface area contributed by atoms with E-state index in [-0.39, 0.29) is 0 Å². The lowest BCUT2D eigenvalue weighted by atomic mass is 10.1. The van der Waals surface area contributed by atoms with E-state index < -0.39 is 0 Å². The average Bonchev–Trinajstić information content (AvgIpc) is 3.28. The lowest BCUT2D eigenvalue weighted by Crippen LogP contribution is -2.47. The highest BCUT2D eigenvalue weighted by atomic mass is 16.5. The zero-order valence-electron chi connectivity index (χ0n) is 22.8. The van der Waals surface area contributed by atoms with Crippen LogP contribution < -0.4 is 9.64 Å². The molecule has 0 spiro atoms. The Morgan fingerprint density at radius 2 is 1.58 bits per heavy atom. The number of aryl methyl sites for hydroxylation is 1. The molecule has 0 atom stereocenters. The second-order valence-corrected chi connectivity index (χ2v) is 9.85. The van der Waals surface area contributed by atoms with Crippen molar-refractivity contribution >= 4 is 5.82 Å². The molecule has 0 saturated carbocycles. The summed E-state index contributed by atoms with van der Waals surface area (Å²) in [6, 6.07) is 19.6. The molecule has 1 fully saturated rings. The minimum atomic E-state index is 0.408. The summed E-state index contributed by atoms with van der Waals surface area (Å²) >= 11 is 0. The van der Waals surface area contributed by atoms with Crippen molar-refractivity contribution in [1.29, 1.82) is 0 Å². The predicted octanol–water partition coefficient (Wildman–Crippen LogP) is 5.39.